The number of carbonyl (C=O) groups is 1. The number of carbonyl (C=O) groups excluding carboxylic acids is 1. The zero-order valence-electron chi connectivity index (χ0n) is 12.8. The van der Waals surface area contributed by atoms with Crippen molar-refractivity contribution in [1.82, 2.24) is 4.90 Å². The maximum atomic E-state index is 12.8. The van der Waals surface area contributed by atoms with Gasteiger partial charge in [0.1, 0.15) is 0 Å². The molecule has 20 heavy (non-hydrogen) atoms. The minimum Gasteiger partial charge on any atom is -0.334 e. The molecule has 1 aliphatic rings. The van der Waals surface area contributed by atoms with Gasteiger partial charge in [-0.1, -0.05) is 26.8 Å². The van der Waals surface area contributed by atoms with Crippen molar-refractivity contribution in [2.45, 2.75) is 52.6 Å². The molecule has 0 bridgehead atoms. The molecule has 0 aromatic carbocycles. The number of amides is 1. The Hall–Kier alpha value is -0.870. The van der Waals surface area contributed by atoms with E-state index in [-0.39, 0.29) is 17.2 Å². The molecule has 1 atom stereocenters. The minimum atomic E-state index is -0.0458. The summed E-state index contributed by atoms with van der Waals surface area (Å²) in [5.74, 6) is 0.203. The number of nitrogens with two attached hydrogens (primary N) is 1. The second-order valence-electron chi connectivity index (χ2n) is 6.97. The van der Waals surface area contributed by atoms with E-state index in [1.807, 2.05) is 6.07 Å². The topological polar surface area (TPSA) is 46.3 Å². The number of hydrogen-bond acceptors (Lipinski definition) is 3. The monoisotopic (exact) mass is 294 g/mol. The lowest BCUT2D eigenvalue weighted by atomic mass is 9.84. The molecule has 3 nitrogen and oxygen atoms in total. The van der Waals surface area contributed by atoms with Crippen molar-refractivity contribution in [2.24, 2.45) is 17.1 Å². The van der Waals surface area contributed by atoms with Crippen LogP contribution in [0, 0.1) is 11.3 Å². The normalized spacial score (nSPS) is 17.0. The van der Waals surface area contributed by atoms with Gasteiger partial charge in [-0.05, 0) is 36.1 Å². The lowest BCUT2D eigenvalue weighted by Gasteiger charge is -2.30. The van der Waals surface area contributed by atoms with Crippen LogP contribution in [0.1, 0.15) is 44.9 Å². The van der Waals surface area contributed by atoms with E-state index in [0.29, 0.717) is 12.6 Å². The van der Waals surface area contributed by atoms with Crippen molar-refractivity contribution in [3.63, 3.8) is 0 Å². The molecule has 0 aliphatic heterocycles. The van der Waals surface area contributed by atoms with Crippen molar-refractivity contribution >= 4 is 17.2 Å². The van der Waals surface area contributed by atoms with Crippen LogP contribution in [-0.2, 0) is 11.3 Å². The summed E-state index contributed by atoms with van der Waals surface area (Å²) >= 11 is 1.72. The van der Waals surface area contributed by atoms with E-state index in [1.165, 1.54) is 4.88 Å². The van der Waals surface area contributed by atoms with Crippen molar-refractivity contribution in [1.29, 1.82) is 0 Å². The standard InChI is InChI=1S/C16H26N2OS/c1-16(2,3)9-12(10-17)15(19)18(13-6-7-13)11-14-5-4-8-20-14/h4-5,8,12-13H,6-7,9-11,17H2,1-3H3. The van der Waals surface area contributed by atoms with E-state index in [2.05, 4.69) is 37.1 Å². The molecule has 1 fully saturated rings. The quantitative estimate of drug-likeness (QED) is 0.875. The second kappa shape index (κ2) is 6.27. The highest BCUT2D eigenvalue weighted by Crippen LogP contribution is 2.33. The molecule has 1 unspecified atom stereocenters. The minimum absolute atomic E-state index is 0.0458. The van der Waals surface area contributed by atoms with E-state index in [0.717, 1.165) is 25.8 Å². The number of nitrogens with zero attached hydrogens (tertiary/aromatic N) is 1. The average Bonchev–Trinajstić information content (AvgIpc) is 3.08. The predicted octanol–water partition coefficient (Wildman–Crippen LogP) is 3.25. The molecule has 0 radical (unpaired) electrons. The van der Waals surface area contributed by atoms with E-state index in [9.17, 15) is 4.79 Å². The van der Waals surface area contributed by atoms with Gasteiger partial charge in [-0.25, -0.2) is 0 Å². The first-order valence-electron chi connectivity index (χ1n) is 7.43. The first-order valence-corrected chi connectivity index (χ1v) is 8.31. The Kier molecular flexibility index (Phi) is 4.86. The van der Waals surface area contributed by atoms with Gasteiger partial charge in [0.25, 0.3) is 0 Å². The van der Waals surface area contributed by atoms with Gasteiger partial charge in [0.05, 0.1) is 12.5 Å². The third-order valence-electron chi connectivity index (χ3n) is 3.67. The Balaban J connectivity index is 2.05. The van der Waals surface area contributed by atoms with E-state index >= 15 is 0 Å². The number of rotatable bonds is 6. The summed E-state index contributed by atoms with van der Waals surface area (Å²) in [7, 11) is 0. The Labute approximate surface area is 126 Å². The predicted molar refractivity (Wildman–Crippen MR) is 84.5 cm³/mol. The maximum absolute atomic E-state index is 12.8. The fourth-order valence-electron chi connectivity index (χ4n) is 2.59. The molecule has 1 aliphatic carbocycles. The highest BCUT2D eigenvalue weighted by molar-refractivity contribution is 7.09. The third kappa shape index (κ3) is 4.32. The molecule has 2 N–H and O–H groups in total. The van der Waals surface area contributed by atoms with Crippen molar-refractivity contribution < 1.29 is 4.79 Å². The zero-order valence-corrected chi connectivity index (χ0v) is 13.6. The Bertz CT molecular complexity index is 432. The fraction of sp³-hybridized carbons (Fsp3) is 0.688. The summed E-state index contributed by atoms with van der Waals surface area (Å²) in [6.07, 6.45) is 3.14. The molecule has 1 saturated carbocycles. The lowest BCUT2D eigenvalue weighted by molar-refractivity contribution is -0.137. The van der Waals surface area contributed by atoms with Gasteiger partial charge in [0.15, 0.2) is 0 Å². The van der Waals surface area contributed by atoms with Crippen LogP contribution in [0.2, 0.25) is 0 Å². The van der Waals surface area contributed by atoms with Crippen LogP contribution in [0.15, 0.2) is 17.5 Å². The lowest BCUT2D eigenvalue weighted by Crippen LogP contribution is -2.41. The van der Waals surface area contributed by atoms with Crippen LogP contribution in [0.25, 0.3) is 0 Å². The maximum Gasteiger partial charge on any atom is 0.227 e. The van der Waals surface area contributed by atoms with Gasteiger partial charge in [-0.2, -0.15) is 0 Å². The zero-order chi connectivity index (χ0) is 14.8. The van der Waals surface area contributed by atoms with Crippen LogP contribution < -0.4 is 5.73 Å². The van der Waals surface area contributed by atoms with Crippen LogP contribution in [-0.4, -0.2) is 23.4 Å². The molecule has 4 heteroatoms. The van der Waals surface area contributed by atoms with Crippen LogP contribution in [0.5, 0.6) is 0 Å². The Morgan fingerprint density at radius 3 is 2.65 bits per heavy atom. The van der Waals surface area contributed by atoms with Gasteiger partial charge in [-0.3, -0.25) is 4.79 Å². The number of thiophene rings is 1. The van der Waals surface area contributed by atoms with Crippen LogP contribution in [0.4, 0.5) is 0 Å². The van der Waals surface area contributed by atoms with E-state index in [1.54, 1.807) is 11.3 Å². The molecule has 0 spiro atoms. The third-order valence-corrected chi connectivity index (χ3v) is 4.53. The van der Waals surface area contributed by atoms with Gasteiger partial charge in [0.2, 0.25) is 5.91 Å². The molecule has 1 heterocycles. The molecule has 1 aromatic rings. The highest BCUT2D eigenvalue weighted by atomic mass is 32.1. The van der Waals surface area contributed by atoms with Gasteiger partial charge >= 0.3 is 0 Å². The van der Waals surface area contributed by atoms with Gasteiger partial charge in [0, 0.05) is 17.5 Å². The first kappa shape index (κ1) is 15.5. The van der Waals surface area contributed by atoms with E-state index < -0.39 is 0 Å². The summed E-state index contributed by atoms with van der Waals surface area (Å²) in [5, 5.41) is 2.07. The molecule has 112 valence electrons. The summed E-state index contributed by atoms with van der Waals surface area (Å²) < 4.78 is 0. The molecule has 1 aromatic heterocycles. The fourth-order valence-corrected chi connectivity index (χ4v) is 3.29. The van der Waals surface area contributed by atoms with Crippen LogP contribution >= 0.6 is 11.3 Å². The number of hydrogen-bond donors (Lipinski definition) is 1. The Morgan fingerprint density at radius 2 is 2.20 bits per heavy atom. The molecule has 1 amide bonds. The summed E-state index contributed by atoms with van der Waals surface area (Å²) in [6, 6.07) is 4.60. The second-order valence-corrected chi connectivity index (χ2v) is 8.01. The summed E-state index contributed by atoms with van der Waals surface area (Å²) in [6.45, 7) is 7.71. The van der Waals surface area contributed by atoms with Crippen molar-refractivity contribution in [2.75, 3.05) is 6.54 Å². The molecule has 0 saturated heterocycles. The molecule has 2 rings (SSSR count). The Morgan fingerprint density at radius 1 is 1.50 bits per heavy atom. The summed E-state index contributed by atoms with van der Waals surface area (Å²) in [4.78, 5) is 16.1. The van der Waals surface area contributed by atoms with E-state index in [4.69, 9.17) is 5.73 Å². The van der Waals surface area contributed by atoms with Gasteiger partial charge < -0.3 is 10.6 Å². The molecular weight excluding hydrogens is 268 g/mol. The van der Waals surface area contributed by atoms with Gasteiger partial charge in [-0.15, -0.1) is 11.3 Å². The first-order chi connectivity index (χ1) is 9.40. The average molecular weight is 294 g/mol. The van der Waals surface area contributed by atoms with Crippen molar-refractivity contribution in [3.8, 4) is 0 Å². The largest absolute Gasteiger partial charge is 0.334 e. The summed E-state index contributed by atoms with van der Waals surface area (Å²) in [5.41, 5.74) is 6.00. The smallest absolute Gasteiger partial charge is 0.227 e. The molecular formula is C16H26N2OS. The SMILES string of the molecule is CC(C)(C)CC(CN)C(=O)N(Cc1cccs1)C1CC1. The van der Waals surface area contributed by atoms with Crippen LogP contribution in [0.3, 0.4) is 0 Å². The highest BCUT2D eigenvalue weighted by Gasteiger charge is 2.36. The van der Waals surface area contributed by atoms with Crippen molar-refractivity contribution in [3.05, 3.63) is 22.4 Å².